The second kappa shape index (κ2) is 13.1. The fraction of sp³-hybridized carbons (Fsp3) is 0.533. The summed E-state index contributed by atoms with van der Waals surface area (Å²) in [5, 5.41) is 7.01. The molecule has 0 bridgehead atoms. The summed E-state index contributed by atoms with van der Waals surface area (Å²) < 4.78 is 13.6. The Bertz CT molecular complexity index is 1430. The third kappa shape index (κ3) is 6.93. The highest BCUT2D eigenvalue weighted by Crippen LogP contribution is 2.30. The van der Waals surface area contributed by atoms with Crippen molar-refractivity contribution in [2.24, 2.45) is 0 Å². The van der Waals surface area contributed by atoms with E-state index in [1.165, 1.54) is 39.2 Å². The van der Waals surface area contributed by atoms with Gasteiger partial charge < -0.3 is 29.6 Å². The van der Waals surface area contributed by atoms with Gasteiger partial charge in [-0.1, -0.05) is 30.9 Å². The number of benzene rings is 1. The van der Waals surface area contributed by atoms with Gasteiger partial charge in [0.05, 0.1) is 23.9 Å². The maximum atomic E-state index is 13.1. The summed E-state index contributed by atoms with van der Waals surface area (Å²) in [6.07, 6.45) is 10.5. The first-order chi connectivity index (χ1) is 19.8. The summed E-state index contributed by atoms with van der Waals surface area (Å²) in [6, 6.07) is 7.24. The van der Waals surface area contributed by atoms with Crippen molar-refractivity contribution in [1.29, 1.82) is 0 Å². The number of carbonyl (C=O) groups is 1. The number of nitrogens with one attached hydrogen (secondary N) is 2. The van der Waals surface area contributed by atoms with E-state index in [1.807, 2.05) is 32.0 Å². The molecule has 1 saturated heterocycles. The summed E-state index contributed by atoms with van der Waals surface area (Å²) in [7, 11) is 1.52. The molecule has 0 unspecified atom stereocenters. The van der Waals surface area contributed by atoms with Crippen LogP contribution in [0.1, 0.15) is 64.8 Å². The minimum absolute atomic E-state index is 0.108. The Kier molecular flexibility index (Phi) is 9.29. The number of nitrogens with zero attached hydrogens (tertiary/aromatic N) is 4. The summed E-state index contributed by atoms with van der Waals surface area (Å²) in [5.41, 5.74) is 1.22. The van der Waals surface area contributed by atoms with Crippen molar-refractivity contribution >= 4 is 45.9 Å². The number of rotatable bonds is 9. The van der Waals surface area contributed by atoms with Gasteiger partial charge in [0.25, 0.3) is 11.5 Å². The molecule has 2 aromatic heterocycles. The van der Waals surface area contributed by atoms with Gasteiger partial charge in [-0.2, -0.15) is 4.98 Å². The van der Waals surface area contributed by atoms with E-state index in [0.717, 1.165) is 42.5 Å². The summed E-state index contributed by atoms with van der Waals surface area (Å²) >= 11 is 6.50. The van der Waals surface area contributed by atoms with Gasteiger partial charge in [0, 0.05) is 37.3 Å². The minimum Gasteiger partial charge on any atom is -0.478 e. The van der Waals surface area contributed by atoms with Gasteiger partial charge in [0.1, 0.15) is 5.02 Å². The third-order valence-electron chi connectivity index (χ3n) is 7.81. The highest BCUT2D eigenvalue weighted by atomic mass is 35.5. The lowest BCUT2D eigenvalue weighted by Crippen LogP contribution is -2.39. The molecular weight excluding hydrogens is 544 g/mol. The van der Waals surface area contributed by atoms with Crippen LogP contribution in [-0.2, 0) is 9.53 Å². The Hall–Kier alpha value is -3.37. The van der Waals surface area contributed by atoms with Crippen LogP contribution in [0.4, 0.5) is 17.5 Å². The quantitative estimate of drug-likeness (QED) is 0.354. The Morgan fingerprint density at radius 1 is 1.10 bits per heavy atom. The zero-order valence-corrected chi connectivity index (χ0v) is 24.7. The van der Waals surface area contributed by atoms with E-state index in [9.17, 15) is 9.59 Å². The van der Waals surface area contributed by atoms with Crippen LogP contribution in [0, 0.1) is 0 Å². The minimum atomic E-state index is -0.314. The highest BCUT2D eigenvalue weighted by Gasteiger charge is 2.25. The van der Waals surface area contributed by atoms with E-state index < -0.39 is 0 Å². The van der Waals surface area contributed by atoms with E-state index in [2.05, 4.69) is 20.5 Å². The standard InChI is InChI=1S/C30H39ClN6O4/c1-19(2)37-25-10-9-21(15-20(25)16-26(29(37)39)40-18-27(38)32-3)34-28-24(31)17-33-30(35-28)36-13-11-23(12-14-36)41-22-7-5-4-6-8-22/h9-10,15-17,19,22-23H,4-8,11-14,18H2,1-3H3,(H,32,38)(H,33,34,35). The SMILES string of the molecule is CNC(=O)COc1cc2cc(Nc3nc(N4CCC(OC5CCCCC5)CC4)ncc3Cl)ccc2n(C(C)C)c1=O. The molecule has 0 atom stereocenters. The van der Waals surface area contributed by atoms with Crippen molar-refractivity contribution < 1.29 is 14.3 Å². The van der Waals surface area contributed by atoms with Gasteiger partial charge in [-0.15, -0.1) is 0 Å². The Morgan fingerprint density at radius 3 is 2.54 bits per heavy atom. The lowest BCUT2D eigenvalue weighted by molar-refractivity contribution is -0.122. The molecule has 1 aliphatic heterocycles. The highest BCUT2D eigenvalue weighted by molar-refractivity contribution is 6.32. The number of hydrogen-bond acceptors (Lipinski definition) is 8. The van der Waals surface area contributed by atoms with E-state index in [-0.39, 0.29) is 29.9 Å². The molecule has 10 nitrogen and oxygen atoms in total. The smallest absolute Gasteiger partial charge is 0.293 e. The monoisotopic (exact) mass is 582 g/mol. The second-order valence-electron chi connectivity index (χ2n) is 11.1. The average Bonchev–Trinajstić information content (AvgIpc) is 2.98. The molecule has 1 aliphatic carbocycles. The van der Waals surface area contributed by atoms with Crippen LogP contribution >= 0.6 is 11.6 Å². The lowest BCUT2D eigenvalue weighted by atomic mass is 9.97. The summed E-state index contributed by atoms with van der Waals surface area (Å²) in [5.74, 6) is 0.938. The van der Waals surface area contributed by atoms with E-state index in [4.69, 9.17) is 26.1 Å². The number of amides is 1. The van der Waals surface area contributed by atoms with Crippen molar-refractivity contribution in [1.82, 2.24) is 19.9 Å². The van der Waals surface area contributed by atoms with Crippen molar-refractivity contribution in [3.63, 3.8) is 0 Å². The Morgan fingerprint density at radius 2 is 1.83 bits per heavy atom. The number of anilines is 3. The van der Waals surface area contributed by atoms with Gasteiger partial charge >= 0.3 is 0 Å². The molecule has 2 aliphatic rings. The van der Waals surface area contributed by atoms with Gasteiger partial charge in [0.2, 0.25) is 5.95 Å². The van der Waals surface area contributed by atoms with Crippen molar-refractivity contribution in [2.75, 3.05) is 37.0 Å². The topological polar surface area (TPSA) is 111 Å². The molecule has 220 valence electrons. The predicted molar refractivity (Wildman–Crippen MR) is 162 cm³/mol. The fourth-order valence-electron chi connectivity index (χ4n) is 5.63. The molecule has 3 heterocycles. The molecule has 41 heavy (non-hydrogen) atoms. The van der Waals surface area contributed by atoms with E-state index in [1.54, 1.807) is 16.8 Å². The normalized spacial score (nSPS) is 16.8. The second-order valence-corrected chi connectivity index (χ2v) is 11.5. The van der Waals surface area contributed by atoms with Crippen LogP contribution in [0.25, 0.3) is 10.9 Å². The molecule has 1 amide bonds. The number of pyridine rings is 1. The molecule has 0 radical (unpaired) electrons. The van der Waals surface area contributed by atoms with Gasteiger partial charge in [-0.3, -0.25) is 9.59 Å². The lowest BCUT2D eigenvalue weighted by Gasteiger charge is -2.35. The first-order valence-corrected chi connectivity index (χ1v) is 14.9. The first kappa shape index (κ1) is 29.1. The van der Waals surface area contributed by atoms with Crippen molar-refractivity contribution in [3.8, 4) is 5.75 Å². The fourth-order valence-corrected chi connectivity index (χ4v) is 5.77. The number of halogens is 1. The van der Waals surface area contributed by atoms with Crippen molar-refractivity contribution in [2.45, 2.75) is 77.0 Å². The van der Waals surface area contributed by atoms with Gasteiger partial charge in [-0.05, 0) is 63.8 Å². The van der Waals surface area contributed by atoms with E-state index in [0.29, 0.717) is 29.0 Å². The Balaban J connectivity index is 1.32. The third-order valence-corrected chi connectivity index (χ3v) is 8.09. The van der Waals surface area contributed by atoms with Crippen LogP contribution in [-0.4, -0.2) is 59.4 Å². The average molecular weight is 583 g/mol. The molecule has 5 rings (SSSR count). The molecule has 2 fully saturated rings. The zero-order chi connectivity index (χ0) is 28.9. The largest absolute Gasteiger partial charge is 0.478 e. The number of likely N-dealkylation sites (N-methyl/N-ethyl adjacent to an activating group) is 1. The van der Waals surface area contributed by atoms with E-state index >= 15 is 0 Å². The molecule has 1 aromatic carbocycles. The van der Waals surface area contributed by atoms with Crippen molar-refractivity contribution in [3.05, 3.63) is 45.8 Å². The zero-order valence-electron chi connectivity index (χ0n) is 24.0. The molecule has 2 N–H and O–H groups in total. The number of aromatic nitrogens is 3. The summed E-state index contributed by atoms with van der Waals surface area (Å²) in [6.45, 7) is 5.29. The van der Waals surface area contributed by atoms with Crippen LogP contribution < -0.4 is 25.8 Å². The summed E-state index contributed by atoms with van der Waals surface area (Å²) in [4.78, 5) is 36.3. The number of carbonyl (C=O) groups excluding carboxylic acids is 1. The number of ether oxygens (including phenoxy) is 2. The van der Waals surface area contributed by atoms with Crippen LogP contribution in [0.15, 0.2) is 35.3 Å². The molecule has 11 heteroatoms. The van der Waals surface area contributed by atoms with Crippen LogP contribution in [0.5, 0.6) is 5.75 Å². The first-order valence-electron chi connectivity index (χ1n) is 14.5. The number of piperidine rings is 1. The van der Waals surface area contributed by atoms with Gasteiger partial charge in [-0.25, -0.2) is 4.98 Å². The number of hydrogen-bond donors (Lipinski definition) is 2. The molecule has 3 aromatic rings. The molecular formula is C30H39ClN6O4. The predicted octanol–water partition coefficient (Wildman–Crippen LogP) is 5.21. The number of fused-ring (bicyclic) bond motifs is 1. The maximum absolute atomic E-state index is 13.1. The molecule has 1 saturated carbocycles. The Labute approximate surface area is 245 Å². The van der Waals surface area contributed by atoms with Crippen LogP contribution in [0.2, 0.25) is 5.02 Å². The molecule has 0 spiro atoms. The van der Waals surface area contributed by atoms with Gasteiger partial charge in [0.15, 0.2) is 18.2 Å². The van der Waals surface area contributed by atoms with Crippen LogP contribution in [0.3, 0.4) is 0 Å². The maximum Gasteiger partial charge on any atom is 0.293 e.